The van der Waals surface area contributed by atoms with Gasteiger partial charge in [0, 0.05) is 31.1 Å². The van der Waals surface area contributed by atoms with Gasteiger partial charge < -0.3 is 24.8 Å². The van der Waals surface area contributed by atoms with E-state index in [1.165, 1.54) is 13.2 Å². The van der Waals surface area contributed by atoms with Crippen LogP contribution in [0.5, 0.6) is 0 Å². The van der Waals surface area contributed by atoms with E-state index in [9.17, 15) is 14.4 Å². The molecule has 1 aliphatic rings. The third kappa shape index (κ3) is 16.1. The van der Waals surface area contributed by atoms with Crippen LogP contribution in [-0.4, -0.2) is 50.3 Å². The Hall–Kier alpha value is -3.10. The SMILES string of the molecule is CC.COC1=CCC(C/C=C(C)/C=C\C=C/C(=O)NC(C(=O)N/C=C\CC(C/C=C(\C)Cl)OC)C(C)C)OC1=O. The van der Waals surface area contributed by atoms with Crippen LogP contribution in [0.4, 0.5) is 0 Å². The molecule has 0 radical (unpaired) electrons. The lowest BCUT2D eigenvalue weighted by molar-refractivity contribution is -0.149. The molecule has 2 amide bonds. The van der Waals surface area contributed by atoms with Crippen LogP contribution in [-0.2, 0) is 28.6 Å². The van der Waals surface area contributed by atoms with Gasteiger partial charge in [0.2, 0.25) is 11.8 Å². The number of rotatable bonds is 15. The van der Waals surface area contributed by atoms with Crippen LogP contribution >= 0.6 is 11.6 Å². The first kappa shape index (κ1) is 36.9. The fourth-order valence-electron chi connectivity index (χ4n) is 3.40. The van der Waals surface area contributed by atoms with Crippen LogP contribution in [0, 0.1) is 5.92 Å². The number of esters is 1. The highest BCUT2D eigenvalue weighted by molar-refractivity contribution is 6.29. The number of carbonyl (C=O) groups is 3. The molecule has 0 aromatic rings. The van der Waals surface area contributed by atoms with Gasteiger partial charge in [0.25, 0.3) is 0 Å². The number of halogens is 1. The molecule has 1 heterocycles. The number of nitrogens with one attached hydrogen (secondary N) is 2. The first-order chi connectivity index (χ1) is 19.1. The van der Waals surface area contributed by atoms with E-state index in [4.69, 9.17) is 25.8 Å². The highest BCUT2D eigenvalue weighted by Gasteiger charge is 2.23. The lowest BCUT2D eigenvalue weighted by atomic mass is 10.0. The molecule has 1 aliphatic heterocycles. The second kappa shape index (κ2) is 21.7. The summed E-state index contributed by atoms with van der Waals surface area (Å²) in [5, 5.41) is 6.18. The molecule has 0 spiro atoms. The van der Waals surface area contributed by atoms with Crippen LogP contribution in [0.15, 0.2) is 71.2 Å². The molecule has 8 nitrogen and oxygen atoms in total. The third-order valence-corrected chi connectivity index (χ3v) is 5.82. The van der Waals surface area contributed by atoms with Gasteiger partial charge in [-0.1, -0.05) is 81.3 Å². The van der Waals surface area contributed by atoms with E-state index in [0.717, 1.165) is 5.57 Å². The zero-order valence-electron chi connectivity index (χ0n) is 25.2. The van der Waals surface area contributed by atoms with Gasteiger partial charge in [0.15, 0.2) is 5.76 Å². The van der Waals surface area contributed by atoms with Gasteiger partial charge in [0.1, 0.15) is 12.1 Å². The summed E-state index contributed by atoms with van der Waals surface area (Å²) in [5.74, 6) is -0.982. The summed E-state index contributed by atoms with van der Waals surface area (Å²) in [6, 6.07) is -0.687. The van der Waals surface area contributed by atoms with E-state index in [1.807, 2.05) is 65.8 Å². The van der Waals surface area contributed by atoms with Gasteiger partial charge in [-0.2, -0.15) is 0 Å². The zero-order valence-corrected chi connectivity index (χ0v) is 25.9. The van der Waals surface area contributed by atoms with Crippen molar-refractivity contribution < 1.29 is 28.6 Å². The second-order valence-corrected chi connectivity index (χ2v) is 9.80. The van der Waals surface area contributed by atoms with Gasteiger partial charge in [-0.3, -0.25) is 9.59 Å². The van der Waals surface area contributed by atoms with Crippen molar-refractivity contribution in [2.24, 2.45) is 5.92 Å². The molecule has 0 aliphatic carbocycles. The minimum absolute atomic E-state index is 0.0415. The van der Waals surface area contributed by atoms with Crippen molar-refractivity contribution in [3.05, 3.63) is 71.2 Å². The minimum Gasteiger partial charge on any atom is -0.490 e. The summed E-state index contributed by atoms with van der Waals surface area (Å²) >= 11 is 5.86. The number of amides is 2. The predicted molar refractivity (Wildman–Crippen MR) is 161 cm³/mol. The van der Waals surface area contributed by atoms with Crippen molar-refractivity contribution in [1.29, 1.82) is 0 Å². The number of methoxy groups -OCH3 is 2. The van der Waals surface area contributed by atoms with Gasteiger partial charge in [-0.25, -0.2) is 4.79 Å². The second-order valence-electron chi connectivity index (χ2n) is 9.20. The summed E-state index contributed by atoms with van der Waals surface area (Å²) in [7, 11) is 3.07. The Morgan fingerprint density at radius 2 is 1.80 bits per heavy atom. The quantitative estimate of drug-likeness (QED) is 0.140. The molecule has 224 valence electrons. The Balaban J connectivity index is 0.00000742. The Kier molecular flexibility index (Phi) is 20.0. The van der Waals surface area contributed by atoms with Gasteiger partial charge >= 0.3 is 5.97 Å². The smallest absolute Gasteiger partial charge is 0.373 e. The van der Waals surface area contributed by atoms with Crippen molar-refractivity contribution in [2.75, 3.05) is 14.2 Å². The van der Waals surface area contributed by atoms with E-state index in [0.29, 0.717) is 30.7 Å². The largest absolute Gasteiger partial charge is 0.490 e. The first-order valence-electron chi connectivity index (χ1n) is 13.6. The van der Waals surface area contributed by atoms with Crippen LogP contribution in [0.25, 0.3) is 0 Å². The summed E-state index contributed by atoms with van der Waals surface area (Å²) < 4.78 is 15.7. The molecule has 0 fully saturated rings. The summed E-state index contributed by atoms with van der Waals surface area (Å²) in [4.78, 5) is 36.7. The van der Waals surface area contributed by atoms with Crippen LogP contribution in [0.3, 0.4) is 0 Å². The molecule has 0 aromatic carbocycles. The summed E-state index contributed by atoms with van der Waals surface area (Å²) in [5.41, 5.74) is 0.961. The number of carbonyl (C=O) groups excluding carboxylic acids is 3. The Labute approximate surface area is 245 Å². The summed E-state index contributed by atoms with van der Waals surface area (Å²) in [6.07, 6.45) is 17.7. The number of allylic oxidation sites excluding steroid dienone is 5. The van der Waals surface area contributed by atoms with Gasteiger partial charge in [-0.15, -0.1) is 0 Å². The lowest BCUT2D eigenvalue weighted by Gasteiger charge is -2.20. The standard InChI is InChI=1S/C29H41ClN2O6.C2H6/c1-20(2)27(28(34)31-19-9-11-23(36-5)16-14-22(4)30)32-26(33)12-8-7-10-21(3)13-15-24-17-18-25(37-6)29(35)38-24;1-2/h7-10,12-14,18-20,23-24,27H,11,15-17H2,1-6H3,(H,31,34)(H,32,33);1-2H3/b10-7-,12-8-,19-9-,21-13+,22-14+;. The van der Waals surface area contributed by atoms with Crippen LogP contribution < -0.4 is 10.6 Å². The number of cyclic esters (lactones) is 1. The highest BCUT2D eigenvalue weighted by atomic mass is 35.5. The van der Waals surface area contributed by atoms with Crippen molar-refractivity contribution in [3.63, 3.8) is 0 Å². The van der Waals surface area contributed by atoms with Crippen molar-refractivity contribution in [3.8, 4) is 0 Å². The third-order valence-electron chi connectivity index (χ3n) is 5.67. The average Bonchev–Trinajstić information content (AvgIpc) is 2.93. The van der Waals surface area contributed by atoms with E-state index in [-0.39, 0.29) is 35.7 Å². The van der Waals surface area contributed by atoms with E-state index in [2.05, 4.69) is 10.6 Å². The van der Waals surface area contributed by atoms with E-state index >= 15 is 0 Å². The molecule has 3 atom stereocenters. The fourth-order valence-corrected chi connectivity index (χ4v) is 3.48. The van der Waals surface area contributed by atoms with Crippen LogP contribution in [0.1, 0.15) is 67.2 Å². The maximum Gasteiger partial charge on any atom is 0.373 e. The molecule has 40 heavy (non-hydrogen) atoms. The normalized spacial score (nSPS) is 17.8. The van der Waals surface area contributed by atoms with Crippen molar-refractivity contribution in [2.45, 2.75) is 85.5 Å². The molecule has 0 bridgehead atoms. The topological polar surface area (TPSA) is 103 Å². The van der Waals surface area contributed by atoms with E-state index in [1.54, 1.807) is 31.5 Å². The molecule has 3 unspecified atom stereocenters. The molecule has 9 heteroatoms. The van der Waals surface area contributed by atoms with E-state index < -0.39 is 12.0 Å². The zero-order chi connectivity index (χ0) is 30.5. The van der Waals surface area contributed by atoms with Gasteiger partial charge in [0.05, 0.1) is 13.2 Å². The fraction of sp³-hybridized carbons (Fsp3) is 0.516. The predicted octanol–water partition coefficient (Wildman–Crippen LogP) is 6.02. The monoisotopic (exact) mass is 578 g/mol. The average molecular weight is 579 g/mol. The maximum atomic E-state index is 12.6. The molecule has 0 saturated heterocycles. The maximum absolute atomic E-state index is 12.6. The molecular weight excluding hydrogens is 532 g/mol. The summed E-state index contributed by atoms with van der Waals surface area (Å²) in [6.45, 7) is 11.5. The molecular formula is C31H47ClN2O6. The molecule has 2 N–H and O–H groups in total. The first-order valence-corrected chi connectivity index (χ1v) is 14.0. The van der Waals surface area contributed by atoms with Crippen molar-refractivity contribution >= 4 is 29.4 Å². The minimum atomic E-state index is -0.687. The molecule has 0 aromatic heterocycles. The number of ether oxygens (including phenoxy) is 3. The Morgan fingerprint density at radius 3 is 2.38 bits per heavy atom. The Morgan fingerprint density at radius 1 is 1.12 bits per heavy atom. The lowest BCUT2D eigenvalue weighted by Crippen LogP contribution is -2.48. The Bertz CT molecular complexity index is 974. The number of hydrogen-bond donors (Lipinski definition) is 2. The highest BCUT2D eigenvalue weighted by Crippen LogP contribution is 2.18. The van der Waals surface area contributed by atoms with Crippen molar-refractivity contribution in [1.82, 2.24) is 10.6 Å². The molecule has 0 saturated carbocycles. The van der Waals surface area contributed by atoms with Crippen LogP contribution in [0.2, 0.25) is 0 Å². The molecule has 1 rings (SSSR count). The van der Waals surface area contributed by atoms with Gasteiger partial charge in [-0.05, 0) is 44.9 Å². The number of hydrogen-bond acceptors (Lipinski definition) is 6.